The topological polar surface area (TPSA) is 43.4 Å². The first kappa shape index (κ1) is 9.96. The van der Waals surface area contributed by atoms with Crippen LogP contribution in [0, 0.1) is 5.92 Å². The van der Waals surface area contributed by atoms with Crippen LogP contribution >= 0.6 is 0 Å². The zero-order chi connectivity index (χ0) is 9.84. The predicted molar refractivity (Wildman–Crippen MR) is 48.1 cm³/mol. The molecule has 72 valence electrons. The first-order valence-corrected chi connectivity index (χ1v) is 4.46. The second-order valence-electron chi connectivity index (χ2n) is 3.34. The van der Waals surface area contributed by atoms with Crippen LogP contribution in [0.15, 0.2) is 12.7 Å². The van der Waals surface area contributed by atoms with Crippen LogP contribution in [0.25, 0.3) is 0 Å². The number of hydrogen-bond donors (Lipinski definition) is 0. The minimum absolute atomic E-state index is 0.0198. The Morgan fingerprint density at radius 2 is 2.31 bits per heavy atom. The summed E-state index contributed by atoms with van der Waals surface area (Å²) < 4.78 is 4.87. The molecule has 3 nitrogen and oxygen atoms in total. The molecule has 0 aromatic rings. The number of Topliss-reactive ketones (excluding diaryl/α,β-unsaturated/α-hetero) is 1. The van der Waals surface area contributed by atoms with E-state index in [1.165, 1.54) is 6.92 Å². The van der Waals surface area contributed by atoms with Crippen molar-refractivity contribution in [2.45, 2.75) is 32.3 Å². The first-order valence-electron chi connectivity index (χ1n) is 4.46. The summed E-state index contributed by atoms with van der Waals surface area (Å²) in [5, 5.41) is 0. The maximum absolute atomic E-state index is 11.4. The summed E-state index contributed by atoms with van der Waals surface area (Å²) in [4.78, 5) is 22.0. The molecule has 1 aliphatic carbocycles. The van der Waals surface area contributed by atoms with Crippen LogP contribution in [0.5, 0.6) is 0 Å². The Balaban J connectivity index is 2.48. The van der Waals surface area contributed by atoms with Crippen molar-refractivity contribution < 1.29 is 14.3 Å². The van der Waals surface area contributed by atoms with Gasteiger partial charge in [-0.15, -0.1) is 6.58 Å². The standard InChI is InChI=1S/C10H14O3/c1-3-8-4-5-10(9(12)6-8)13-7(2)11/h3,8,10H,1,4-6H2,2H3/t8?,10-/m1/s1. The molecule has 0 aromatic heterocycles. The van der Waals surface area contributed by atoms with E-state index in [0.29, 0.717) is 12.8 Å². The van der Waals surface area contributed by atoms with Crippen LogP contribution in [0.3, 0.4) is 0 Å². The molecular formula is C10H14O3. The molecule has 0 N–H and O–H groups in total. The van der Waals surface area contributed by atoms with Gasteiger partial charge in [0.1, 0.15) is 0 Å². The Morgan fingerprint density at radius 3 is 2.77 bits per heavy atom. The van der Waals surface area contributed by atoms with E-state index < -0.39 is 6.10 Å². The fourth-order valence-corrected chi connectivity index (χ4v) is 1.54. The van der Waals surface area contributed by atoms with Crippen LogP contribution < -0.4 is 0 Å². The number of carbonyl (C=O) groups excluding carboxylic acids is 2. The van der Waals surface area contributed by atoms with Gasteiger partial charge >= 0.3 is 5.97 Å². The highest BCUT2D eigenvalue weighted by Crippen LogP contribution is 2.24. The maximum Gasteiger partial charge on any atom is 0.303 e. The van der Waals surface area contributed by atoms with E-state index in [-0.39, 0.29) is 17.7 Å². The van der Waals surface area contributed by atoms with Crippen molar-refractivity contribution >= 4 is 11.8 Å². The molecule has 0 aliphatic heterocycles. The summed E-state index contributed by atoms with van der Waals surface area (Å²) in [5.41, 5.74) is 0. The van der Waals surface area contributed by atoms with Crippen molar-refractivity contribution in [2.24, 2.45) is 5.92 Å². The van der Waals surface area contributed by atoms with Crippen LogP contribution in [-0.2, 0) is 14.3 Å². The molecule has 2 atom stereocenters. The molecule has 0 saturated heterocycles. The molecule has 1 unspecified atom stereocenters. The number of allylic oxidation sites excluding steroid dienone is 1. The third-order valence-electron chi connectivity index (χ3n) is 2.26. The lowest BCUT2D eigenvalue weighted by atomic mass is 9.86. The number of rotatable bonds is 2. The Hall–Kier alpha value is -1.12. The average molecular weight is 182 g/mol. The van der Waals surface area contributed by atoms with Gasteiger partial charge in [-0.1, -0.05) is 6.08 Å². The van der Waals surface area contributed by atoms with Gasteiger partial charge in [0, 0.05) is 13.3 Å². The van der Waals surface area contributed by atoms with Crippen LogP contribution in [0.1, 0.15) is 26.2 Å². The highest BCUT2D eigenvalue weighted by molar-refractivity contribution is 5.86. The summed E-state index contributed by atoms with van der Waals surface area (Å²) in [6.07, 6.45) is 3.26. The summed E-state index contributed by atoms with van der Waals surface area (Å²) in [7, 11) is 0. The molecule has 0 aromatic carbocycles. The summed E-state index contributed by atoms with van der Waals surface area (Å²) in [5.74, 6) is -0.0962. The van der Waals surface area contributed by atoms with Crippen molar-refractivity contribution in [3.63, 3.8) is 0 Å². The molecule has 0 spiro atoms. The zero-order valence-electron chi connectivity index (χ0n) is 7.79. The smallest absolute Gasteiger partial charge is 0.303 e. The van der Waals surface area contributed by atoms with Gasteiger partial charge in [-0.05, 0) is 18.8 Å². The van der Waals surface area contributed by atoms with Crippen molar-refractivity contribution in [3.05, 3.63) is 12.7 Å². The van der Waals surface area contributed by atoms with Gasteiger partial charge in [-0.3, -0.25) is 9.59 Å². The summed E-state index contributed by atoms with van der Waals surface area (Å²) in [6, 6.07) is 0. The molecule has 0 radical (unpaired) electrons. The molecule has 0 heterocycles. The van der Waals surface area contributed by atoms with Crippen LogP contribution in [-0.4, -0.2) is 17.9 Å². The monoisotopic (exact) mass is 182 g/mol. The largest absolute Gasteiger partial charge is 0.455 e. The summed E-state index contributed by atoms with van der Waals surface area (Å²) >= 11 is 0. The Kier molecular flexibility index (Phi) is 3.23. The first-order chi connectivity index (χ1) is 6.13. The van der Waals surface area contributed by atoms with Gasteiger partial charge in [0.25, 0.3) is 0 Å². The van der Waals surface area contributed by atoms with E-state index in [4.69, 9.17) is 4.74 Å². The normalized spacial score (nSPS) is 28.2. The third-order valence-corrected chi connectivity index (χ3v) is 2.26. The molecular weight excluding hydrogens is 168 g/mol. The van der Waals surface area contributed by atoms with Gasteiger partial charge < -0.3 is 4.74 Å². The number of esters is 1. The number of ether oxygens (including phenoxy) is 1. The summed E-state index contributed by atoms with van der Waals surface area (Å²) in [6.45, 7) is 4.97. The molecule has 0 bridgehead atoms. The fraction of sp³-hybridized carbons (Fsp3) is 0.600. The maximum atomic E-state index is 11.4. The second-order valence-corrected chi connectivity index (χ2v) is 3.34. The van der Waals surface area contributed by atoms with Gasteiger partial charge in [-0.2, -0.15) is 0 Å². The molecule has 13 heavy (non-hydrogen) atoms. The van der Waals surface area contributed by atoms with E-state index in [1.807, 2.05) is 0 Å². The molecule has 1 fully saturated rings. The molecule has 0 amide bonds. The lowest BCUT2D eigenvalue weighted by Crippen LogP contribution is -2.32. The fourth-order valence-electron chi connectivity index (χ4n) is 1.54. The van der Waals surface area contributed by atoms with E-state index in [0.717, 1.165) is 6.42 Å². The van der Waals surface area contributed by atoms with Crippen molar-refractivity contribution in [1.82, 2.24) is 0 Å². The minimum atomic E-state index is -0.506. The van der Waals surface area contributed by atoms with Crippen LogP contribution in [0.2, 0.25) is 0 Å². The second kappa shape index (κ2) is 4.21. The third kappa shape index (κ3) is 2.68. The van der Waals surface area contributed by atoms with Crippen molar-refractivity contribution in [2.75, 3.05) is 0 Å². The van der Waals surface area contributed by atoms with Gasteiger partial charge in [0.2, 0.25) is 0 Å². The Morgan fingerprint density at radius 1 is 1.62 bits per heavy atom. The number of ketones is 1. The highest BCUT2D eigenvalue weighted by atomic mass is 16.5. The number of hydrogen-bond acceptors (Lipinski definition) is 3. The SMILES string of the molecule is C=CC1CC[C@@H](OC(C)=O)C(=O)C1. The van der Waals surface area contributed by atoms with Crippen LogP contribution in [0.4, 0.5) is 0 Å². The average Bonchev–Trinajstić information content (AvgIpc) is 2.08. The van der Waals surface area contributed by atoms with Gasteiger partial charge in [0.05, 0.1) is 0 Å². The molecule has 1 aliphatic rings. The minimum Gasteiger partial charge on any atom is -0.455 e. The highest BCUT2D eigenvalue weighted by Gasteiger charge is 2.28. The predicted octanol–water partition coefficient (Wildman–Crippen LogP) is 1.47. The van der Waals surface area contributed by atoms with Gasteiger partial charge in [-0.25, -0.2) is 0 Å². The quantitative estimate of drug-likeness (QED) is 0.480. The van der Waals surface area contributed by atoms with E-state index >= 15 is 0 Å². The lowest BCUT2D eigenvalue weighted by Gasteiger charge is -2.24. The van der Waals surface area contributed by atoms with E-state index in [9.17, 15) is 9.59 Å². The Labute approximate surface area is 77.8 Å². The zero-order valence-corrected chi connectivity index (χ0v) is 7.79. The molecule has 3 heteroatoms. The lowest BCUT2D eigenvalue weighted by molar-refractivity contribution is -0.155. The molecule has 1 saturated carbocycles. The van der Waals surface area contributed by atoms with E-state index in [1.54, 1.807) is 6.08 Å². The van der Waals surface area contributed by atoms with Gasteiger partial charge in [0.15, 0.2) is 11.9 Å². The molecule has 1 rings (SSSR count). The Bertz CT molecular complexity index is 232. The van der Waals surface area contributed by atoms with Crippen molar-refractivity contribution in [3.8, 4) is 0 Å². The number of carbonyl (C=O) groups is 2. The van der Waals surface area contributed by atoms with Crippen molar-refractivity contribution in [1.29, 1.82) is 0 Å². The van der Waals surface area contributed by atoms with E-state index in [2.05, 4.69) is 6.58 Å².